The molecule has 0 bridgehead atoms. The SMILES string of the molecule is O=CNC(NC(=O)c1ccccc1)C(=O)OC(=O)C1CCCN1. The third kappa shape index (κ3) is 4.62. The zero-order valence-electron chi connectivity index (χ0n) is 12.3. The molecule has 2 unspecified atom stereocenters. The largest absolute Gasteiger partial charge is 0.389 e. The van der Waals surface area contributed by atoms with Gasteiger partial charge in [0.05, 0.1) is 0 Å². The number of ether oxygens (including phenoxy) is 1. The van der Waals surface area contributed by atoms with Crippen LogP contribution in [0.5, 0.6) is 0 Å². The Kier molecular flexibility index (Phi) is 5.81. The van der Waals surface area contributed by atoms with Crippen molar-refractivity contribution in [2.45, 2.75) is 25.0 Å². The summed E-state index contributed by atoms with van der Waals surface area (Å²) in [5.74, 6) is -2.34. The Labute approximate surface area is 132 Å². The van der Waals surface area contributed by atoms with Crippen molar-refractivity contribution in [1.82, 2.24) is 16.0 Å². The molecule has 2 atom stereocenters. The standard InChI is InChI=1S/C15H17N3O5/c19-9-17-12(18-13(20)10-5-2-1-3-6-10)15(22)23-14(21)11-7-4-8-16-11/h1-3,5-6,9,11-12,16H,4,7-8H2,(H,17,19)(H,18,20). The summed E-state index contributed by atoms with van der Waals surface area (Å²) in [6.45, 7) is 0.675. The van der Waals surface area contributed by atoms with Gasteiger partial charge in [-0.3, -0.25) is 9.59 Å². The van der Waals surface area contributed by atoms with Crippen LogP contribution in [0.15, 0.2) is 30.3 Å². The predicted molar refractivity (Wildman–Crippen MR) is 79.0 cm³/mol. The molecule has 1 aromatic carbocycles. The van der Waals surface area contributed by atoms with E-state index in [1.54, 1.807) is 30.3 Å². The van der Waals surface area contributed by atoms with Crippen LogP contribution in [-0.2, 0) is 19.1 Å². The van der Waals surface area contributed by atoms with E-state index in [4.69, 9.17) is 4.74 Å². The number of amides is 2. The van der Waals surface area contributed by atoms with E-state index in [0.29, 0.717) is 18.5 Å². The minimum absolute atomic E-state index is 0.246. The minimum atomic E-state index is -1.44. The molecule has 1 heterocycles. The molecule has 23 heavy (non-hydrogen) atoms. The Morgan fingerprint density at radius 2 is 2.00 bits per heavy atom. The fourth-order valence-corrected chi connectivity index (χ4v) is 2.16. The molecule has 8 heteroatoms. The number of hydrogen-bond donors (Lipinski definition) is 3. The molecule has 0 spiro atoms. The first-order valence-electron chi connectivity index (χ1n) is 7.16. The molecule has 0 saturated carbocycles. The van der Waals surface area contributed by atoms with Crippen molar-refractivity contribution < 1.29 is 23.9 Å². The molecule has 122 valence electrons. The number of hydrogen-bond acceptors (Lipinski definition) is 6. The number of esters is 2. The summed E-state index contributed by atoms with van der Waals surface area (Å²) in [6.07, 6.45) is 0.198. The molecule has 1 fully saturated rings. The Morgan fingerprint density at radius 3 is 2.61 bits per heavy atom. The molecule has 3 N–H and O–H groups in total. The van der Waals surface area contributed by atoms with E-state index < -0.39 is 30.1 Å². The van der Waals surface area contributed by atoms with Gasteiger partial charge in [-0.1, -0.05) is 18.2 Å². The maximum absolute atomic E-state index is 12.0. The molecule has 0 aliphatic carbocycles. The summed E-state index contributed by atoms with van der Waals surface area (Å²) < 4.78 is 4.71. The lowest BCUT2D eigenvalue weighted by atomic mass is 10.2. The van der Waals surface area contributed by atoms with Crippen molar-refractivity contribution in [1.29, 1.82) is 0 Å². The summed E-state index contributed by atoms with van der Waals surface area (Å²) in [5.41, 5.74) is 0.307. The normalized spacial score (nSPS) is 17.8. The topological polar surface area (TPSA) is 114 Å². The van der Waals surface area contributed by atoms with E-state index in [-0.39, 0.29) is 6.41 Å². The highest BCUT2D eigenvalue weighted by Gasteiger charge is 2.29. The van der Waals surface area contributed by atoms with Gasteiger partial charge in [-0.25, -0.2) is 9.59 Å². The molecule has 2 amide bonds. The number of carbonyl (C=O) groups excluding carboxylic acids is 4. The van der Waals surface area contributed by atoms with E-state index in [9.17, 15) is 19.2 Å². The number of rotatable bonds is 6. The van der Waals surface area contributed by atoms with Crippen molar-refractivity contribution in [2.75, 3.05) is 6.54 Å². The van der Waals surface area contributed by atoms with Crippen molar-refractivity contribution in [3.05, 3.63) is 35.9 Å². The minimum Gasteiger partial charge on any atom is -0.389 e. The van der Waals surface area contributed by atoms with Crippen LogP contribution in [-0.4, -0.2) is 43.0 Å². The summed E-state index contributed by atoms with van der Waals surface area (Å²) in [6, 6.07) is 7.61. The van der Waals surface area contributed by atoms with Crippen molar-refractivity contribution in [2.24, 2.45) is 0 Å². The maximum Gasteiger partial charge on any atom is 0.357 e. The monoisotopic (exact) mass is 319 g/mol. The lowest BCUT2D eigenvalue weighted by Gasteiger charge is -2.17. The van der Waals surface area contributed by atoms with E-state index in [1.165, 1.54) is 0 Å². The Morgan fingerprint density at radius 1 is 1.26 bits per heavy atom. The third-order valence-electron chi connectivity index (χ3n) is 3.33. The fraction of sp³-hybridized carbons (Fsp3) is 0.333. The average Bonchev–Trinajstić information content (AvgIpc) is 3.09. The summed E-state index contributed by atoms with van der Waals surface area (Å²) in [4.78, 5) is 46.4. The number of nitrogens with one attached hydrogen (secondary N) is 3. The van der Waals surface area contributed by atoms with Gasteiger partial charge < -0.3 is 20.7 Å². The molecule has 8 nitrogen and oxygen atoms in total. The van der Waals surface area contributed by atoms with Crippen molar-refractivity contribution in [3.63, 3.8) is 0 Å². The second-order valence-electron chi connectivity index (χ2n) is 4.95. The van der Waals surface area contributed by atoms with E-state index in [0.717, 1.165) is 6.42 Å². The smallest absolute Gasteiger partial charge is 0.357 e. The second-order valence-corrected chi connectivity index (χ2v) is 4.95. The van der Waals surface area contributed by atoms with Crippen LogP contribution < -0.4 is 16.0 Å². The molecule has 1 aromatic rings. The van der Waals surface area contributed by atoms with Gasteiger partial charge in [-0.05, 0) is 31.5 Å². The summed E-state index contributed by atoms with van der Waals surface area (Å²) in [7, 11) is 0. The Hall–Kier alpha value is -2.74. The first-order valence-corrected chi connectivity index (χ1v) is 7.16. The van der Waals surface area contributed by atoms with Gasteiger partial charge in [0.2, 0.25) is 12.6 Å². The third-order valence-corrected chi connectivity index (χ3v) is 3.33. The first-order chi connectivity index (χ1) is 11.1. The van der Waals surface area contributed by atoms with Crippen LogP contribution >= 0.6 is 0 Å². The van der Waals surface area contributed by atoms with E-state index in [1.807, 2.05) is 0 Å². The fourth-order valence-electron chi connectivity index (χ4n) is 2.16. The quantitative estimate of drug-likeness (QED) is 0.277. The van der Waals surface area contributed by atoms with Gasteiger partial charge in [0.15, 0.2) is 0 Å². The average molecular weight is 319 g/mol. The van der Waals surface area contributed by atoms with Gasteiger partial charge in [-0.2, -0.15) is 0 Å². The second kappa shape index (κ2) is 8.04. The highest BCUT2D eigenvalue weighted by molar-refractivity contribution is 5.98. The molecule has 1 aliphatic heterocycles. The number of benzene rings is 1. The van der Waals surface area contributed by atoms with E-state index >= 15 is 0 Å². The molecule has 0 aromatic heterocycles. The van der Waals surface area contributed by atoms with Crippen LogP contribution in [0.1, 0.15) is 23.2 Å². The lowest BCUT2D eigenvalue weighted by molar-refractivity contribution is -0.163. The molecule has 1 saturated heterocycles. The molecular formula is C15H17N3O5. The van der Waals surface area contributed by atoms with Crippen molar-refractivity contribution in [3.8, 4) is 0 Å². The van der Waals surface area contributed by atoms with E-state index in [2.05, 4.69) is 16.0 Å². The highest BCUT2D eigenvalue weighted by atomic mass is 16.6. The molecule has 2 rings (SSSR count). The van der Waals surface area contributed by atoms with Crippen LogP contribution in [0, 0.1) is 0 Å². The van der Waals surface area contributed by atoms with Gasteiger partial charge in [-0.15, -0.1) is 0 Å². The Balaban J connectivity index is 1.96. The molecular weight excluding hydrogens is 302 g/mol. The zero-order valence-corrected chi connectivity index (χ0v) is 12.3. The van der Waals surface area contributed by atoms with Crippen LogP contribution in [0.4, 0.5) is 0 Å². The van der Waals surface area contributed by atoms with Gasteiger partial charge in [0, 0.05) is 5.56 Å². The van der Waals surface area contributed by atoms with Gasteiger partial charge in [0.1, 0.15) is 6.04 Å². The molecule has 1 aliphatic rings. The molecule has 0 radical (unpaired) electrons. The van der Waals surface area contributed by atoms with Gasteiger partial charge >= 0.3 is 11.9 Å². The first kappa shape index (κ1) is 16.6. The van der Waals surface area contributed by atoms with Crippen LogP contribution in [0.3, 0.4) is 0 Å². The lowest BCUT2D eigenvalue weighted by Crippen LogP contribution is -2.52. The van der Waals surface area contributed by atoms with Crippen LogP contribution in [0.2, 0.25) is 0 Å². The maximum atomic E-state index is 12.0. The van der Waals surface area contributed by atoms with Crippen molar-refractivity contribution >= 4 is 24.3 Å². The number of carbonyl (C=O) groups is 4. The zero-order chi connectivity index (χ0) is 16.7. The highest BCUT2D eigenvalue weighted by Crippen LogP contribution is 2.07. The van der Waals surface area contributed by atoms with Crippen LogP contribution in [0.25, 0.3) is 0 Å². The predicted octanol–water partition coefficient (Wildman–Crippen LogP) is -0.690. The Bertz CT molecular complexity index is 584. The summed E-state index contributed by atoms with van der Waals surface area (Å²) in [5, 5.41) is 7.32. The summed E-state index contributed by atoms with van der Waals surface area (Å²) >= 11 is 0. The van der Waals surface area contributed by atoms with Gasteiger partial charge in [0.25, 0.3) is 5.91 Å².